The van der Waals surface area contributed by atoms with Gasteiger partial charge in [0.1, 0.15) is 0 Å². The van der Waals surface area contributed by atoms with E-state index in [9.17, 15) is 9.59 Å². The molecular weight excluding hydrogens is 504 g/mol. The summed E-state index contributed by atoms with van der Waals surface area (Å²) in [5.41, 5.74) is 8.52. The highest BCUT2D eigenvalue weighted by atomic mass is 35.5. The second kappa shape index (κ2) is 13.4. The summed E-state index contributed by atoms with van der Waals surface area (Å²) in [6, 6.07) is 11.6. The SMILES string of the molecule is CC(=O)NC1CCN(c2cccnc2N=C(N)Nc2ccc(C(=O)N(C)C3CCN(C)CC3)cc2)CC1.Cl. The molecule has 2 amide bonds. The molecule has 0 bridgehead atoms. The third-order valence-corrected chi connectivity index (χ3v) is 7.20. The van der Waals surface area contributed by atoms with Crippen molar-refractivity contribution in [1.29, 1.82) is 0 Å². The summed E-state index contributed by atoms with van der Waals surface area (Å²) in [5.74, 6) is 0.793. The van der Waals surface area contributed by atoms with Crippen molar-refractivity contribution in [2.45, 2.75) is 44.7 Å². The molecule has 0 spiro atoms. The Labute approximate surface area is 231 Å². The highest BCUT2D eigenvalue weighted by Gasteiger charge is 2.25. The lowest BCUT2D eigenvalue weighted by Gasteiger charge is -2.35. The number of guanidine groups is 1. The van der Waals surface area contributed by atoms with E-state index in [1.165, 1.54) is 0 Å². The van der Waals surface area contributed by atoms with Gasteiger partial charge in [-0.3, -0.25) is 9.59 Å². The molecule has 2 aliphatic rings. The van der Waals surface area contributed by atoms with Gasteiger partial charge >= 0.3 is 0 Å². The van der Waals surface area contributed by atoms with Gasteiger partial charge in [-0.1, -0.05) is 0 Å². The summed E-state index contributed by atoms with van der Waals surface area (Å²) in [4.78, 5) is 39.7. The van der Waals surface area contributed by atoms with Crippen LogP contribution in [0.5, 0.6) is 0 Å². The van der Waals surface area contributed by atoms with Gasteiger partial charge in [-0.15, -0.1) is 12.4 Å². The van der Waals surface area contributed by atoms with E-state index in [2.05, 4.69) is 37.5 Å². The number of carbonyl (C=O) groups excluding carboxylic acids is 2. The van der Waals surface area contributed by atoms with Gasteiger partial charge in [0.05, 0.1) is 5.69 Å². The topological polar surface area (TPSA) is 119 Å². The molecule has 2 aliphatic heterocycles. The van der Waals surface area contributed by atoms with Crippen LogP contribution in [0.1, 0.15) is 43.0 Å². The molecule has 4 N–H and O–H groups in total. The Morgan fingerprint density at radius 3 is 2.34 bits per heavy atom. The molecule has 3 heterocycles. The van der Waals surface area contributed by atoms with E-state index in [4.69, 9.17) is 5.73 Å². The minimum absolute atomic E-state index is 0. The lowest BCUT2D eigenvalue weighted by Crippen LogP contribution is -2.44. The molecule has 0 aliphatic carbocycles. The van der Waals surface area contributed by atoms with Gasteiger partial charge in [0.2, 0.25) is 5.91 Å². The molecule has 11 heteroatoms. The lowest BCUT2D eigenvalue weighted by molar-refractivity contribution is -0.119. The predicted molar refractivity (Wildman–Crippen MR) is 154 cm³/mol. The maximum atomic E-state index is 13.0. The number of nitrogens with two attached hydrogens (primary N) is 1. The van der Waals surface area contributed by atoms with Crippen molar-refractivity contribution in [1.82, 2.24) is 20.1 Å². The number of rotatable bonds is 6. The molecule has 0 radical (unpaired) electrons. The van der Waals surface area contributed by atoms with Gasteiger partial charge in [0.15, 0.2) is 11.8 Å². The molecule has 1 aromatic heterocycles. The minimum Gasteiger partial charge on any atom is -0.369 e. The molecule has 38 heavy (non-hydrogen) atoms. The van der Waals surface area contributed by atoms with E-state index in [0.717, 1.165) is 63.2 Å². The minimum atomic E-state index is 0. The number of amides is 2. The van der Waals surface area contributed by atoms with Gasteiger partial charge < -0.3 is 31.1 Å². The smallest absolute Gasteiger partial charge is 0.253 e. The van der Waals surface area contributed by atoms with Gasteiger partial charge in [0.25, 0.3) is 5.91 Å². The molecule has 1 aromatic carbocycles. The second-order valence-corrected chi connectivity index (χ2v) is 9.96. The van der Waals surface area contributed by atoms with Crippen LogP contribution in [0.2, 0.25) is 0 Å². The first-order chi connectivity index (χ1) is 17.8. The Balaban J connectivity index is 0.00000400. The number of nitrogens with zero attached hydrogens (tertiary/aromatic N) is 5. The Kier molecular flexibility index (Phi) is 10.3. The zero-order chi connectivity index (χ0) is 26.4. The Bertz CT molecular complexity index is 1110. The molecule has 2 fully saturated rings. The summed E-state index contributed by atoms with van der Waals surface area (Å²) >= 11 is 0. The van der Waals surface area contributed by atoms with Crippen LogP contribution < -0.4 is 21.3 Å². The van der Waals surface area contributed by atoms with Gasteiger partial charge in [-0.25, -0.2) is 4.98 Å². The lowest BCUT2D eigenvalue weighted by atomic mass is 10.0. The summed E-state index contributed by atoms with van der Waals surface area (Å²) in [7, 11) is 4.01. The van der Waals surface area contributed by atoms with Crippen LogP contribution >= 0.6 is 12.4 Å². The number of halogens is 1. The van der Waals surface area contributed by atoms with Gasteiger partial charge in [-0.05, 0) is 82.2 Å². The van der Waals surface area contributed by atoms with E-state index in [1.54, 1.807) is 13.1 Å². The predicted octanol–water partition coefficient (Wildman–Crippen LogP) is 2.83. The standard InChI is InChI=1S/C27H38N8O2.ClH/c1-19(36)30-22-10-17-35(18-11-22)24-5-4-14-29-25(24)32-27(28)31-21-8-6-20(7-9-21)26(37)34(3)23-12-15-33(2)16-13-23;/h4-9,14,22-23H,10-13,15-18H2,1-3H3,(H,30,36)(H3,28,29,31,32);1H. The van der Waals surface area contributed by atoms with Crippen molar-refractivity contribution in [2.75, 3.05) is 50.5 Å². The molecule has 0 atom stereocenters. The van der Waals surface area contributed by atoms with Crippen LogP contribution in [-0.2, 0) is 4.79 Å². The number of benzene rings is 1. The van der Waals surface area contributed by atoms with Crippen LogP contribution in [0.4, 0.5) is 17.2 Å². The first-order valence-electron chi connectivity index (χ1n) is 12.9. The monoisotopic (exact) mass is 542 g/mol. The highest BCUT2D eigenvalue weighted by molar-refractivity contribution is 5.97. The molecular formula is C27H39ClN8O2. The fourth-order valence-electron chi connectivity index (χ4n) is 5.01. The second-order valence-electron chi connectivity index (χ2n) is 9.96. The molecule has 2 saturated heterocycles. The van der Waals surface area contributed by atoms with E-state index >= 15 is 0 Å². The number of anilines is 2. The maximum absolute atomic E-state index is 13.0. The van der Waals surface area contributed by atoms with Gasteiger partial charge in [0, 0.05) is 56.6 Å². The number of hydrogen-bond donors (Lipinski definition) is 3. The van der Waals surface area contributed by atoms with Crippen molar-refractivity contribution >= 4 is 47.4 Å². The van der Waals surface area contributed by atoms with Crippen molar-refractivity contribution in [3.8, 4) is 0 Å². The average molecular weight is 543 g/mol. The van der Waals surface area contributed by atoms with Crippen LogP contribution in [0, 0.1) is 0 Å². The molecule has 2 aromatic rings. The number of nitrogens with one attached hydrogen (secondary N) is 2. The van der Waals surface area contributed by atoms with E-state index in [-0.39, 0.29) is 42.3 Å². The van der Waals surface area contributed by atoms with Crippen LogP contribution in [0.25, 0.3) is 0 Å². The quantitative estimate of drug-likeness (QED) is 0.379. The maximum Gasteiger partial charge on any atom is 0.253 e. The highest BCUT2D eigenvalue weighted by Crippen LogP contribution is 2.28. The zero-order valence-corrected chi connectivity index (χ0v) is 23.2. The van der Waals surface area contributed by atoms with Crippen molar-refractivity contribution in [3.63, 3.8) is 0 Å². The Morgan fingerprint density at radius 1 is 1.05 bits per heavy atom. The van der Waals surface area contributed by atoms with E-state index in [1.807, 2.05) is 48.3 Å². The number of aliphatic imine (C=N–C) groups is 1. The largest absolute Gasteiger partial charge is 0.369 e. The van der Waals surface area contributed by atoms with Crippen LogP contribution in [-0.4, -0.2) is 84.9 Å². The normalized spacial score (nSPS) is 17.4. The number of piperidine rings is 2. The molecule has 0 unspecified atom stereocenters. The Hall–Kier alpha value is -3.37. The average Bonchev–Trinajstić information content (AvgIpc) is 2.89. The van der Waals surface area contributed by atoms with E-state index < -0.39 is 0 Å². The van der Waals surface area contributed by atoms with Crippen molar-refractivity contribution in [3.05, 3.63) is 48.2 Å². The summed E-state index contributed by atoms with van der Waals surface area (Å²) in [5, 5.41) is 6.10. The first kappa shape index (κ1) is 29.2. The summed E-state index contributed by atoms with van der Waals surface area (Å²) in [6.45, 7) is 5.17. The number of carbonyl (C=O) groups is 2. The number of pyridine rings is 1. The molecule has 206 valence electrons. The van der Waals surface area contributed by atoms with Gasteiger partial charge in [-0.2, -0.15) is 4.99 Å². The fraction of sp³-hybridized carbons (Fsp3) is 0.481. The Morgan fingerprint density at radius 2 is 1.71 bits per heavy atom. The fourth-order valence-corrected chi connectivity index (χ4v) is 5.01. The van der Waals surface area contributed by atoms with Crippen molar-refractivity contribution in [2.24, 2.45) is 10.7 Å². The van der Waals surface area contributed by atoms with Crippen LogP contribution in [0.15, 0.2) is 47.6 Å². The first-order valence-corrected chi connectivity index (χ1v) is 12.9. The third-order valence-electron chi connectivity index (χ3n) is 7.20. The summed E-state index contributed by atoms with van der Waals surface area (Å²) in [6.07, 6.45) is 5.41. The number of hydrogen-bond acceptors (Lipinski definition) is 6. The molecule has 4 rings (SSSR count). The van der Waals surface area contributed by atoms with E-state index in [0.29, 0.717) is 11.4 Å². The van der Waals surface area contributed by atoms with Crippen molar-refractivity contribution < 1.29 is 9.59 Å². The molecule has 0 saturated carbocycles. The zero-order valence-electron chi connectivity index (χ0n) is 22.4. The third kappa shape index (κ3) is 7.58. The molecule has 10 nitrogen and oxygen atoms in total. The van der Waals surface area contributed by atoms with Crippen LogP contribution in [0.3, 0.4) is 0 Å². The number of likely N-dealkylation sites (tertiary alicyclic amines) is 1. The summed E-state index contributed by atoms with van der Waals surface area (Å²) < 4.78 is 0. The number of aromatic nitrogens is 1.